The highest BCUT2D eigenvalue weighted by molar-refractivity contribution is 6.00. The summed E-state index contributed by atoms with van der Waals surface area (Å²) < 4.78 is 0. The lowest BCUT2D eigenvalue weighted by Crippen LogP contribution is -2.52. The number of hydrogen-bond donors (Lipinski definition) is 5. The summed E-state index contributed by atoms with van der Waals surface area (Å²) in [6, 6.07) is 2.53. The molecule has 26 heavy (non-hydrogen) atoms. The van der Waals surface area contributed by atoms with Crippen molar-refractivity contribution in [3.63, 3.8) is 0 Å². The fourth-order valence-electron chi connectivity index (χ4n) is 2.84. The maximum absolute atomic E-state index is 12.6. The number of carbonyl (C=O) groups excluding carboxylic acids is 3. The fraction of sp³-hybridized carbons (Fsp3) is 0.500. The Labute approximate surface area is 152 Å². The molecule has 0 radical (unpaired) electrons. The molecule has 2 unspecified atom stereocenters. The predicted molar refractivity (Wildman–Crippen MR) is 94.7 cm³/mol. The molecule has 1 aromatic rings. The van der Waals surface area contributed by atoms with E-state index >= 15 is 0 Å². The SMILES string of the molecule is CC(C)CC1NC(=O)C(NC(=O)c2cccc(O)c2O)CCCNC1=O. The molecule has 0 aliphatic carbocycles. The number of hydrogen-bond acceptors (Lipinski definition) is 5. The van der Waals surface area contributed by atoms with Crippen LogP contribution in [0.15, 0.2) is 18.2 Å². The van der Waals surface area contributed by atoms with Gasteiger partial charge in [-0.05, 0) is 37.3 Å². The molecule has 8 nitrogen and oxygen atoms in total. The van der Waals surface area contributed by atoms with Crippen LogP contribution in [-0.2, 0) is 9.59 Å². The van der Waals surface area contributed by atoms with Crippen LogP contribution in [0.2, 0.25) is 0 Å². The third-order valence-corrected chi connectivity index (χ3v) is 4.19. The third kappa shape index (κ3) is 4.87. The van der Waals surface area contributed by atoms with Gasteiger partial charge in [-0.15, -0.1) is 0 Å². The van der Waals surface area contributed by atoms with E-state index in [2.05, 4.69) is 16.0 Å². The molecule has 1 heterocycles. The van der Waals surface area contributed by atoms with E-state index in [1.807, 2.05) is 13.8 Å². The van der Waals surface area contributed by atoms with Gasteiger partial charge in [-0.1, -0.05) is 19.9 Å². The molecule has 0 saturated carbocycles. The lowest BCUT2D eigenvalue weighted by molar-refractivity contribution is -0.129. The predicted octanol–water partition coefficient (Wildman–Crippen LogP) is 0.637. The van der Waals surface area contributed by atoms with Crippen LogP contribution in [0, 0.1) is 5.92 Å². The Morgan fingerprint density at radius 2 is 2.00 bits per heavy atom. The van der Waals surface area contributed by atoms with Gasteiger partial charge in [0.25, 0.3) is 5.91 Å². The highest BCUT2D eigenvalue weighted by atomic mass is 16.3. The molecule has 2 atom stereocenters. The van der Waals surface area contributed by atoms with Gasteiger partial charge in [0.05, 0.1) is 5.56 Å². The zero-order valence-corrected chi connectivity index (χ0v) is 14.9. The average molecular weight is 363 g/mol. The molecule has 1 aliphatic rings. The van der Waals surface area contributed by atoms with Gasteiger partial charge in [-0.3, -0.25) is 14.4 Å². The van der Waals surface area contributed by atoms with Crippen LogP contribution in [0.1, 0.15) is 43.5 Å². The van der Waals surface area contributed by atoms with Crippen LogP contribution in [0.5, 0.6) is 11.5 Å². The van der Waals surface area contributed by atoms with E-state index in [9.17, 15) is 24.6 Å². The maximum atomic E-state index is 12.6. The molecule has 0 spiro atoms. The quantitative estimate of drug-likeness (QED) is 0.502. The van der Waals surface area contributed by atoms with E-state index in [0.29, 0.717) is 25.8 Å². The van der Waals surface area contributed by atoms with Crippen molar-refractivity contribution in [3.8, 4) is 11.5 Å². The number of phenolic OH excluding ortho intramolecular Hbond substituents is 2. The Balaban J connectivity index is 2.14. The summed E-state index contributed by atoms with van der Waals surface area (Å²) in [5.74, 6) is -2.08. The minimum Gasteiger partial charge on any atom is -0.504 e. The molecule has 8 heteroatoms. The van der Waals surface area contributed by atoms with Crippen LogP contribution in [0.4, 0.5) is 0 Å². The summed E-state index contributed by atoms with van der Waals surface area (Å²) in [4.78, 5) is 37.1. The van der Waals surface area contributed by atoms with E-state index in [1.54, 1.807) is 0 Å². The summed E-state index contributed by atoms with van der Waals surface area (Å²) in [7, 11) is 0. The van der Waals surface area contributed by atoms with E-state index in [4.69, 9.17) is 0 Å². The van der Waals surface area contributed by atoms with Crippen molar-refractivity contribution in [3.05, 3.63) is 23.8 Å². The van der Waals surface area contributed by atoms with Crippen LogP contribution >= 0.6 is 0 Å². The van der Waals surface area contributed by atoms with Crippen LogP contribution in [0.25, 0.3) is 0 Å². The number of benzene rings is 1. The molecule has 1 aliphatic heterocycles. The van der Waals surface area contributed by atoms with Crippen molar-refractivity contribution in [2.24, 2.45) is 5.92 Å². The van der Waals surface area contributed by atoms with Crippen molar-refractivity contribution >= 4 is 17.7 Å². The third-order valence-electron chi connectivity index (χ3n) is 4.19. The van der Waals surface area contributed by atoms with Gasteiger partial charge in [-0.25, -0.2) is 0 Å². The largest absolute Gasteiger partial charge is 0.504 e. The topological polar surface area (TPSA) is 128 Å². The molecular formula is C18H25N3O5. The monoisotopic (exact) mass is 363 g/mol. The number of nitrogens with one attached hydrogen (secondary N) is 3. The Morgan fingerprint density at radius 1 is 1.27 bits per heavy atom. The Bertz CT molecular complexity index is 689. The van der Waals surface area contributed by atoms with Crippen LogP contribution < -0.4 is 16.0 Å². The Hall–Kier alpha value is -2.77. The first-order valence-corrected chi connectivity index (χ1v) is 8.69. The second-order valence-corrected chi connectivity index (χ2v) is 6.82. The molecule has 5 N–H and O–H groups in total. The van der Waals surface area contributed by atoms with E-state index in [-0.39, 0.29) is 17.4 Å². The lowest BCUT2D eigenvalue weighted by atomic mass is 10.0. The Kier molecular flexibility index (Phi) is 6.43. The lowest BCUT2D eigenvalue weighted by Gasteiger charge is -2.22. The second kappa shape index (κ2) is 8.55. The van der Waals surface area contributed by atoms with Crippen molar-refractivity contribution in [2.45, 2.75) is 45.2 Å². The first-order chi connectivity index (χ1) is 12.3. The number of amides is 3. The van der Waals surface area contributed by atoms with Gasteiger partial charge >= 0.3 is 0 Å². The maximum Gasteiger partial charge on any atom is 0.255 e. The molecule has 1 saturated heterocycles. The molecule has 1 aromatic carbocycles. The van der Waals surface area contributed by atoms with E-state index < -0.39 is 35.4 Å². The smallest absolute Gasteiger partial charge is 0.255 e. The van der Waals surface area contributed by atoms with Crippen molar-refractivity contribution in [1.82, 2.24) is 16.0 Å². The minimum absolute atomic E-state index is 0.120. The van der Waals surface area contributed by atoms with Crippen LogP contribution in [-0.4, -0.2) is 46.6 Å². The number of aromatic hydroxyl groups is 2. The average Bonchev–Trinajstić information content (AvgIpc) is 2.63. The van der Waals surface area contributed by atoms with E-state index in [0.717, 1.165) is 0 Å². The van der Waals surface area contributed by atoms with Crippen LogP contribution in [0.3, 0.4) is 0 Å². The summed E-state index contributed by atoms with van der Waals surface area (Å²) in [6.45, 7) is 4.32. The summed E-state index contributed by atoms with van der Waals surface area (Å²) in [6.07, 6.45) is 1.35. The molecule has 3 amide bonds. The van der Waals surface area contributed by atoms with Crippen molar-refractivity contribution in [1.29, 1.82) is 0 Å². The fourth-order valence-corrected chi connectivity index (χ4v) is 2.84. The van der Waals surface area contributed by atoms with Crippen molar-refractivity contribution < 1.29 is 24.6 Å². The van der Waals surface area contributed by atoms with Crippen molar-refractivity contribution in [2.75, 3.05) is 6.54 Å². The first-order valence-electron chi connectivity index (χ1n) is 8.69. The highest BCUT2D eigenvalue weighted by Crippen LogP contribution is 2.28. The van der Waals surface area contributed by atoms with Gasteiger partial charge < -0.3 is 26.2 Å². The molecule has 2 rings (SSSR count). The number of rotatable bonds is 4. The number of phenols is 2. The second-order valence-electron chi connectivity index (χ2n) is 6.82. The van der Waals surface area contributed by atoms with Gasteiger partial charge in [0.15, 0.2) is 11.5 Å². The minimum atomic E-state index is -0.841. The van der Waals surface area contributed by atoms with Gasteiger partial charge in [0, 0.05) is 6.54 Å². The van der Waals surface area contributed by atoms with Gasteiger partial charge in [0.2, 0.25) is 11.8 Å². The zero-order valence-electron chi connectivity index (χ0n) is 14.9. The summed E-state index contributed by atoms with van der Waals surface area (Å²) in [5, 5.41) is 27.4. The standard InChI is InChI=1S/C18H25N3O5/c1-10(2)9-13-17(25)19-8-4-6-12(18(26)21-13)20-16(24)11-5-3-7-14(22)15(11)23/h3,5,7,10,12-13,22-23H,4,6,8-9H2,1-2H3,(H,19,25)(H,20,24)(H,21,26). The van der Waals surface area contributed by atoms with Gasteiger partial charge in [0.1, 0.15) is 12.1 Å². The van der Waals surface area contributed by atoms with Gasteiger partial charge in [-0.2, -0.15) is 0 Å². The number of carbonyl (C=O) groups is 3. The summed E-state index contributed by atoms with van der Waals surface area (Å²) >= 11 is 0. The zero-order chi connectivity index (χ0) is 19.3. The first kappa shape index (κ1) is 19.6. The summed E-state index contributed by atoms with van der Waals surface area (Å²) in [5.41, 5.74) is -0.120. The normalized spacial score (nSPS) is 21.2. The molecule has 142 valence electrons. The molecule has 0 bridgehead atoms. The molecular weight excluding hydrogens is 338 g/mol. The molecule has 0 aromatic heterocycles. The van der Waals surface area contributed by atoms with E-state index in [1.165, 1.54) is 18.2 Å². The Morgan fingerprint density at radius 3 is 2.69 bits per heavy atom. The molecule has 1 fully saturated rings. The number of para-hydroxylation sites is 1. The highest BCUT2D eigenvalue weighted by Gasteiger charge is 2.29.